The molecule has 0 aliphatic carbocycles. The summed E-state index contributed by atoms with van der Waals surface area (Å²) in [5, 5.41) is 13.3. The van der Waals surface area contributed by atoms with Crippen LogP contribution in [-0.2, 0) is 23.0 Å². The minimum atomic E-state index is -3.79. The number of pyridine rings is 1. The second-order valence-corrected chi connectivity index (χ2v) is 10.3. The molecule has 9 heteroatoms. The molecule has 2 aromatic heterocycles. The summed E-state index contributed by atoms with van der Waals surface area (Å²) >= 11 is 7.34. The lowest BCUT2D eigenvalue weighted by Gasteiger charge is -2.09. The molecule has 158 valence electrons. The predicted molar refractivity (Wildman–Crippen MR) is 120 cm³/mol. The zero-order chi connectivity index (χ0) is 22.0. The Hall–Kier alpha value is -2.78. The number of amides is 1. The highest BCUT2D eigenvalue weighted by molar-refractivity contribution is 7.91. The highest BCUT2D eigenvalue weighted by atomic mass is 35.5. The fraction of sp³-hybridized carbons (Fsp3) is 0.0909. The quantitative estimate of drug-likeness (QED) is 0.438. The number of nitrogens with zero attached hydrogens (tertiary/aromatic N) is 1. The van der Waals surface area contributed by atoms with E-state index in [1.807, 2.05) is 12.1 Å². The van der Waals surface area contributed by atoms with E-state index in [1.54, 1.807) is 24.5 Å². The summed E-state index contributed by atoms with van der Waals surface area (Å²) < 4.78 is 26.7. The number of sulfone groups is 1. The minimum absolute atomic E-state index is 0.0179. The van der Waals surface area contributed by atoms with Crippen LogP contribution in [0.5, 0.6) is 0 Å². The van der Waals surface area contributed by atoms with Crippen molar-refractivity contribution in [2.45, 2.75) is 22.9 Å². The Labute approximate surface area is 188 Å². The molecule has 0 saturated heterocycles. The van der Waals surface area contributed by atoms with Crippen LogP contribution in [0.3, 0.4) is 0 Å². The van der Waals surface area contributed by atoms with Gasteiger partial charge >= 0.3 is 0 Å². The number of aliphatic hydroxyl groups excluding tert-OH is 1. The lowest BCUT2D eigenvalue weighted by molar-refractivity contribution is 0.0955. The molecular weight excluding hydrogens is 456 g/mol. The number of carbonyl (C=O) groups is 1. The lowest BCUT2D eigenvalue weighted by Crippen LogP contribution is -2.21. The van der Waals surface area contributed by atoms with Crippen molar-refractivity contribution in [3.8, 4) is 0 Å². The number of aromatic nitrogens is 1. The van der Waals surface area contributed by atoms with Gasteiger partial charge in [0.25, 0.3) is 5.91 Å². The average molecular weight is 473 g/mol. The number of rotatable bonds is 6. The first-order chi connectivity index (χ1) is 14.9. The van der Waals surface area contributed by atoms with Crippen LogP contribution in [0.4, 0.5) is 0 Å². The number of aliphatic hydroxyl groups is 1. The molecule has 6 nitrogen and oxygen atoms in total. The molecule has 2 heterocycles. The summed E-state index contributed by atoms with van der Waals surface area (Å²) in [4.78, 5) is 17.2. The summed E-state index contributed by atoms with van der Waals surface area (Å²) in [6.45, 7) is -0.0461. The van der Waals surface area contributed by atoms with Crippen molar-refractivity contribution in [1.82, 2.24) is 10.3 Å². The van der Waals surface area contributed by atoms with Gasteiger partial charge in [-0.1, -0.05) is 23.7 Å². The molecule has 1 amide bonds. The third-order valence-electron chi connectivity index (χ3n) is 4.66. The molecule has 0 saturated carbocycles. The summed E-state index contributed by atoms with van der Waals surface area (Å²) in [5.41, 5.74) is 1.18. The number of carbonyl (C=O) groups excluding carboxylic acids is 1. The van der Waals surface area contributed by atoms with E-state index in [-0.39, 0.29) is 33.9 Å². The molecule has 0 radical (unpaired) electrons. The van der Waals surface area contributed by atoms with E-state index in [9.17, 15) is 18.3 Å². The summed E-state index contributed by atoms with van der Waals surface area (Å²) in [5.74, 6) is -0.201. The van der Waals surface area contributed by atoms with Gasteiger partial charge in [0.1, 0.15) is 0 Å². The van der Waals surface area contributed by atoms with Gasteiger partial charge in [-0.15, -0.1) is 11.3 Å². The molecule has 0 spiro atoms. The number of benzene rings is 2. The monoisotopic (exact) mass is 472 g/mol. The van der Waals surface area contributed by atoms with Crippen LogP contribution in [-0.4, -0.2) is 24.4 Å². The van der Waals surface area contributed by atoms with Crippen LogP contribution in [0.15, 0.2) is 76.8 Å². The summed E-state index contributed by atoms with van der Waals surface area (Å²) in [6, 6.07) is 14.2. The van der Waals surface area contributed by atoms with Crippen LogP contribution >= 0.6 is 22.9 Å². The number of hydrogen-bond donors (Lipinski definition) is 2. The van der Waals surface area contributed by atoms with Gasteiger partial charge in [-0.3, -0.25) is 9.78 Å². The van der Waals surface area contributed by atoms with E-state index in [0.29, 0.717) is 10.4 Å². The van der Waals surface area contributed by atoms with Crippen molar-refractivity contribution < 1.29 is 18.3 Å². The maximum Gasteiger partial charge on any atom is 0.261 e. The van der Waals surface area contributed by atoms with Gasteiger partial charge in [0.2, 0.25) is 9.84 Å². The van der Waals surface area contributed by atoms with Gasteiger partial charge in [-0.05, 0) is 59.0 Å². The Balaban J connectivity index is 1.47. The molecule has 4 aromatic rings. The maximum absolute atomic E-state index is 12.9. The minimum Gasteiger partial charge on any atom is -0.392 e. The highest BCUT2D eigenvalue weighted by Gasteiger charge is 2.19. The molecule has 0 aliphatic rings. The van der Waals surface area contributed by atoms with Crippen molar-refractivity contribution in [3.05, 3.63) is 88.0 Å². The van der Waals surface area contributed by atoms with E-state index < -0.39 is 9.84 Å². The Bertz CT molecular complexity index is 1330. The van der Waals surface area contributed by atoms with Crippen molar-refractivity contribution in [2.24, 2.45) is 0 Å². The van der Waals surface area contributed by atoms with Crippen LogP contribution in [0.2, 0.25) is 5.02 Å². The second-order valence-electron chi connectivity index (χ2n) is 6.81. The van der Waals surface area contributed by atoms with Crippen molar-refractivity contribution in [1.29, 1.82) is 0 Å². The van der Waals surface area contributed by atoms with E-state index in [1.165, 1.54) is 41.7 Å². The third-order valence-corrected chi connectivity index (χ3v) is 7.71. The standard InChI is InChI=1S/C22H17ClN2O4S2/c23-17-7-15(13-26)8-19(10-17)31(28,29)18-3-1-14(2-4-18)11-25-22(27)20-9-16-5-6-24-12-21(16)30-20/h1-10,12,26H,11,13H2,(H,25,27). The van der Waals surface area contributed by atoms with Crippen LogP contribution in [0.25, 0.3) is 10.1 Å². The zero-order valence-electron chi connectivity index (χ0n) is 16.1. The molecule has 0 aliphatic heterocycles. The molecule has 0 atom stereocenters. The van der Waals surface area contributed by atoms with Gasteiger partial charge in [0.05, 0.1) is 26.0 Å². The molecule has 0 fully saturated rings. The molecule has 0 bridgehead atoms. The van der Waals surface area contributed by atoms with E-state index in [4.69, 9.17) is 11.6 Å². The number of thiophene rings is 1. The Morgan fingerprint density at radius 2 is 1.81 bits per heavy atom. The molecule has 4 rings (SSSR count). The smallest absolute Gasteiger partial charge is 0.261 e. The fourth-order valence-electron chi connectivity index (χ4n) is 3.06. The largest absolute Gasteiger partial charge is 0.392 e. The third kappa shape index (κ3) is 4.62. The summed E-state index contributed by atoms with van der Waals surface area (Å²) in [7, 11) is -3.79. The van der Waals surface area contributed by atoms with E-state index >= 15 is 0 Å². The summed E-state index contributed by atoms with van der Waals surface area (Å²) in [6.07, 6.45) is 3.40. The first-order valence-electron chi connectivity index (χ1n) is 9.23. The van der Waals surface area contributed by atoms with E-state index in [2.05, 4.69) is 10.3 Å². The molecule has 2 N–H and O–H groups in total. The SMILES string of the molecule is O=C(NCc1ccc(S(=O)(=O)c2cc(Cl)cc(CO)c2)cc1)c1cc2ccncc2s1. The number of fused-ring (bicyclic) bond motifs is 1. The average Bonchev–Trinajstić information content (AvgIpc) is 3.21. The molecular formula is C22H17ClN2O4S2. The topological polar surface area (TPSA) is 96.4 Å². The number of halogens is 1. The fourth-order valence-corrected chi connectivity index (χ4v) is 5.68. The zero-order valence-corrected chi connectivity index (χ0v) is 18.5. The second kappa shape index (κ2) is 8.76. The predicted octanol–water partition coefficient (Wildman–Crippen LogP) is 4.20. The Morgan fingerprint density at radius 3 is 2.52 bits per heavy atom. The van der Waals surface area contributed by atoms with Gasteiger partial charge in [-0.2, -0.15) is 0 Å². The van der Waals surface area contributed by atoms with Crippen molar-refractivity contribution >= 4 is 48.8 Å². The Kier molecular flexibility index (Phi) is 6.06. The van der Waals surface area contributed by atoms with Crippen LogP contribution < -0.4 is 5.32 Å². The Morgan fingerprint density at radius 1 is 1.03 bits per heavy atom. The molecule has 2 aromatic carbocycles. The van der Waals surface area contributed by atoms with E-state index in [0.717, 1.165) is 15.6 Å². The first kappa shape index (κ1) is 21.5. The molecule has 31 heavy (non-hydrogen) atoms. The van der Waals surface area contributed by atoms with Gasteiger partial charge in [0.15, 0.2) is 0 Å². The number of hydrogen-bond acceptors (Lipinski definition) is 6. The maximum atomic E-state index is 12.9. The van der Waals surface area contributed by atoms with Crippen molar-refractivity contribution in [3.63, 3.8) is 0 Å². The van der Waals surface area contributed by atoms with Crippen LogP contribution in [0, 0.1) is 0 Å². The van der Waals surface area contributed by atoms with Gasteiger partial charge in [-0.25, -0.2) is 8.42 Å². The van der Waals surface area contributed by atoms with Crippen molar-refractivity contribution in [2.75, 3.05) is 0 Å². The lowest BCUT2D eigenvalue weighted by atomic mass is 10.2. The highest BCUT2D eigenvalue weighted by Crippen LogP contribution is 2.26. The molecule has 0 unspecified atom stereocenters. The van der Waals surface area contributed by atoms with Crippen LogP contribution in [0.1, 0.15) is 20.8 Å². The van der Waals surface area contributed by atoms with Gasteiger partial charge in [0, 0.05) is 24.0 Å². The van der Waals surface area contributed by atoms with Gasteiger partial charge < -0.3 is 10.4 Å². The normalized spacial score (nSPS) is 11.5. The first-order valence-corrected chi connectivity index (χ1v) is 11.9. The number of nitrogens with one attached hydrogen (secondary N) is 1.